The van der Waals surface area contributed by atoms with E-state index in [4.69, 9.17) is 9.47 Å². The first kappa shape index (κ1) is 26.6. The quantitative estimate of drug-likeness (QED) is 0.397. The zero-order chi connectivity index (χ0) is 24.8. The molecule has 180 valence electrons. The van der Waals surface area contributed by atoms with Crippen molar-refractivity contribution in [1.82, 2.24) is 0 Å². The Bertz CT molecular complexity index is 900. The number of ether oxygens (including phenoxy) is 2. The van der Waals surface area contributed by atoms with Crippen molar-refractivity contribution in [1.29, 1.82) is 0 Å². The highest BCUT2D eigenvalue weighted by Gasteiger charge is 2.25. The highest BCUT2D eigenvalue weighted by Crippen LogP contribution is 2.39. The Balaban J connectivity index is 2.57. The van der Waals surface area contributed by atoms with E-state index in [9.17, 15) is 19.8 Å². The molecule has 0 aliphatic rings. The minimum atomic E-state index is -0.317. The molecule has 2 rings (SSSR count). The molecule has 0 radical (unpaired) electrons. The molecule has 0 saturated carbocycles. The number of aldehydes is 2. The maximum atomic E-state index is 11.1. The molecule has 0 aromatic heterocycles. The number of hydrogen-bond acceptors (Lipinski definition) is 6. The lowest BCUT2D eigenvalue weighted by atomic mass is 9.81. The van der Waals surface area contributed by atoms with Crippen molar-refractivity contribution in [3.63, 3.8) is 0 Å². The van der Waals surface area contributed by atoms with Gasteiger partial charge in [-0.3, -0.25) is 0 Å². The molecule has 2 N–H and O–H groups in total. The Morgan fingerprint density at radius 2 is 1.06 bits per heavy atom. The van der Waals surface area contributed by atoms with E-state index in [0.717, 1.165) is 22.3 Å². The van der Waals surface area contributed by atoms with E-state index in [1.807, 2.05) is 65.8 Å². The van der Waals surface area contributed by atoms with Crippen molar-refractivity contribution in [2.45, 2.75) is 72.0 Å². The summed E-state index contributed by atoms with van der Waals surface area (Å²) in [4.78, 5) is 21.3. The van der Waals surface area contributed by atoms with E-state index in [-0.39, 0.29) is 48.8 Å². The van der Waals surface area contributed by atoms with Gasteiger partial charge in [-0.25, -0.2) is 0 Å². The molecule has 0 spiro atoms. The number of phenols is 2. The van der Waals surface area contributed by atoms with E-state index < -0.39 is 0 Å². The van der Waals surface area contributed by atoms with Gasteiger partial charge in [-0.05, 0) is 68.5 Å². The van der Waals surface area contributed by atoms with Crippen molar-refractivity contribution in [3.8, 4) is 11.5 Å². The van der Waals surface area contributed by atoms with Crippen LogP contribution in [0.15, 0.2) is 24.3 Å². The number of rotatable bonds is 10. The average molecular weight is 457 g/mol. The first-order valence-electron chi connectivity index (χ1n) is 11.1. The minimum absolute atomic E-state index is 0.000371. The second kappa shape index (κ2) is 10.9. The van der Waals surface area contributed by atoms with Crippen LogP contribution in [0.3, 0.4) is 0 Å². The Kier molecular flexibility index (Phi) is 8.81. The summed E-state index contributed by atoms with van der Waals surface area (Å²) in [6.45, 7) is 12.6. The van der Waals surface area contributed by atoms with Crippen LogP contribution < -0.4 is 0 Å². The molecule has 33 heavy (non-hydrogen) atoms. The van der Waals surface area contributed by atoms with Crippen LogP contribution in [0.2, 0.25) is 0 Å². The minimum Gasteiger partial charge on any atom is -0.507 e. The third-order valence-corrected chi connectivity index (χ3v) is 5.40. The molecule has 0 saturated heterocycles. The summed E-state index contributed by atoms with van der Waals surface area (Å²) in [6.07, 6.45) is 1.71. The van der Waals surface area contributed by atoms with E-state index in [2.05, 4.69) is 0 Å². The zero-order valence-electron chi connectivity index (χ0n) is 20.5. The predicted octanol–water partition coefficient (Wildman–Crippen LogP) is 4.71. The molecule has 0 bridgehead atoms. The second-order valence-corrected chi connectivity index (χ2v) is 10.3. The van der Waals surface area contributed by atoms with Gasteiger partial charge in [-0.1, -0.05) is 41.5 Å². The third kappa shape index (κ3) is 7.14. The summed E-state index contributed by atoms with van der Waals surface area (Å²) in [5.41, 5.74) is 3.91. The Morgan fingerprint density at radius 1 is 0.697 bits per heavy atom. The molecule has 0 unspecified atom stereocenters. The van der Waals surface area contributed by atoms with Crippen LogP contribution in [-0.4, -0.2) is 36.0 Å². The van der Waals surface area contributed by atoms with Gasteiger partial charge in [0.15, 0.2) is 0 Å². The first-order valence-corrected chi connectivity index (χ1v) is 11.1. The van der Waals surface area contributed by atoms with Gasteiger partial charge < -0.3 is 29.3 Å². The molecule has 6 nitrogen and oxygen atoms in total. The molecule has 0 atom stereocenters. The van der Waals surface area contributed by atoms with Gasteiger partial charge in [-0.15, -0.1) is 0 Å². The van der Waals surface area contributed by atoms with Crippen LogP contribution in [0.4, 0.5) is 0 Å². The van der Waals surface area contributed by atoms with Crippen LogP contribution in [0.1, 0.15) is 74.9 Å². The Morgan fingerprint density at radius 3 is 1.36 bits per heavy atom. The summed E-state index contributed by atoms with van der Waals surface area (Å²) in [5.74, 6) is 0.363. The summed E-state index contributed by atoms with van der Waals surface area (Å²) >= 11 is 0. The Labute approximate surface area is 196 Å². The third-order valence-electron chi connectivity index (χ3n) is 5.40. The molecular weight excluding hydrogens is 420 g/mol. The molecule has 0 heterocycles. The van der Waals surface area contributed by atoms with Gasteiger partial charge in [0.05, 0.1) is 13.2 Å². The maximum Gasteiger partial charge on any atom is 0.145 e. The van der Waals surface area contributed by atoms with Gasteiger partial charge in [0.1, 0.15) is 37.3 Å². The van der Waals surface area contributed by atoms with Crippen molar-refractivity contribution in [2.24, 2.45) is 0 Å². The van der Waals surface area contributed by atoms with Crippen molar-refractivity contribution in [2.75, 3.05) is 13.2 Å². The van der Waals surface area contributed by atoms with E-state index in [0.29, 0.717) is 30.1 Å². The number of aromatic hydroxyl groups is 2. The normalized spacial score (nSPS) is 12.1. The largest absolute Gasteiger partial charge is 0.507 e. The molecule has 0 amide bonds. The van der Waals surface area contributed by atoms with Gasteiger partial charge >= 0.3 is 0 Å². The fourth-order valence-corrected chi connectivity index (χ4v) is 3.76. The van der Waals surface area contributed by atoms with E-state index in [1.165, 1.54) is 0 Å². The van der Waals surface area contributed by atoms with Crippen LogP contribution in [0.25, 0.3) is 0 Å². The monoisotopic (exact) mass is 456 g/mol. The van der Waals surface area contributed by atoms with Crippen LogP contribution in [0.5, 0.6) is 11.5 Å². The number of carbonyl (C=O) groups excluding carboxylic acids is 2. The summed E-state index contributed by atoms with van der Waals surface area (Å²) in [7, 11) is 0. The number of hydrogen-bond donors (Lipinski definition) is 2. The van der Waals surface area contributed by atoms with Crippen LogP contribution >= 0.6 is 0 Å². The maximum absolute atomic E-state index is 11.1. The standard InChI is InChI=1S/C27H36O6/c1-26(2,3)22-13-18(16-32-9-7-28)11-20(24(22)30)15-21-12-19(17-33-10-8-29)14-23(25(21)31)27(4,5)6/h7-8,11-14,30-31H,9-10,15-17H2,1-6H3. The molecule has 6 heteroatoms. The molecule has 2 aromatic carbocycles. The fraction of sp³-hybridized carbons (Fsp3) is 0.481. The van der Waals surface area contributed by atoms with Crippen LogP contribution in [0, 0.1) is 0 Å². The summed E-state index contributed by atoms with van der Waals surface area (Å²) in [5, 5.41) is 22.2. The molecular formula is C27H36O6. The van der Waals surface area contributed by atoms with E-state index >= 15 is 0 Å². The predicted molar refractivity (Wildman–Crippen MR) is 128 cm³/mol. The lowest BCUT2D eigenvalue weighted by Gasteiger charge is -2.25. The highest BCUT2D eigenvalue weighted by molar-refractivity contribution is 5.54. The van der Waals surface area contributed by atoms with Gasteiger partial charge in [0.2, 0.25) is 0 Å². The van der Waals surface area contributed by atoms with Gasteiger partial charge in [0.25, 0.3) is 0 Å². The number of carbonyl (C=O) groups is 2. The zero-order valence-corrected chi connectivity index (χ0v) is 20.5. The fourth-order valence-electron chi connectivity index (χ4n) is 3.76. The SMILES string of the molecule is CC(C)(C)c1cc(COCC=O)cc(Cc2cc(COCC=O)cc(C(C)(C)C)c2O)c1O. The molecule has 2 aromatic rings. The lowest BCUT2D eigenvalue weighted by Crippen LogP contribution is -2.15. The topological polar surface area (TPSA) is 93.1 Å². The summed E-state index contributed by atoms with van der Waals surface area (Å²) < 4.78 is 10.8. The lowest BCUT2D eigenvalue weighted by molar-refractivity contribution is -0.112. The number of benzene rings is 2. The van der Waals surface area contributed by atoms with Gasteiger partial charge in [0, 0.05) is 6.42 Å². The first-order chi connectivity index (χ1) is 15.4. The van der Waals surface area contributed by atoms with Crippen molar-refractivity contribution >= 4 is 12.6 Å². The van der Waals surface area contributed by atoms with Crippen molar-refractivity contribution < 1.29 is 29.3 Å². The second-order valence-electron chi connectivity index (χ2n) is 10.3. The highest BCUT2D eigenvalue weighted by atomic mass is 16.5. The average Bonchev–Trinajstić information content (AvgIpc) is 2.70. The van der Waals surface area contributed by atoms with Crippen molar-refractivity contribution in [3.05, 3.63) is 57.6 Å². The van der Waals surface area contributed by atoms with Gasteiger partial charge in [-0.2, -0.15) is 0 Å². The number of phenolic OH excluding ortho intramolecular Hbond substituents is 2. The Hall–Kier alpha value is -2.70. The molecule has 0 fully saturated rings. The summed E-state index contributed by atoms with van der Waals surface area (Å²) in [6, 6.07) is 7.49. The van der Waals surface area contributed by atoms with E-state index in [1.54, 1.807) is 0 Å². The molecule has 0 aliphatic carbocycles. The molecule has 0 aliphatic heterocycles. The van der Waals surface area contributed by atoms with Crippen LogP contribution in [-0.2, 0) is 49.5 Å². The smallest absolute Gasteiger partial charge is 0.145 e.